The van der Waals surface area contributed by atoms with Crippen molar-refractivity contribution in [3.05, 3.63) is 35.4 Å². The standard InChI is InChI=1S/C15H20N2O/c1-5-10-16-15(18)13(3)17(4)11-14-9-7-6-8-12(14)2/h1,6-9,13H,10-11H2,2-4H3,(H,16,18). The van der Waals surface area contributed by atoms with Gasteiger partial charge in [-0.2, -0.15) is 0 Å². The first-order chi connectivity index (χ1) is 8.56. The van der Waals surface area contributed by atoms with Gasteiger partial charge in [-0.1, -0.05) is 30.2 Å². The molecular weight excluding hydrogens is 224 g/mol. The molecule has 0 aliphatic carbocycles. The molecule has 0 heterocycles. The Balaban J connectivity index is 2.60. The van der Waals surface area contributed by atoms with Crippen molar-refractivity contribution < 1.29 is 4.79 Å². The average molecular weight is 244 g/mol. The lowest BCUT2D eigenvalue weighted by molar-refractivity contribution is -0.125. The number of rotatable bonds is 5. The Bertz CT molecular complexity index is 448. The fraction of sp³-hybridized carbons (Fsp3) is 0.400. The molecular formula is C15H20N2O. The third-order valence-electron chi connectivity index (χ3n) is 3.09. The first-order valence-electron chi connectivity index (χ1n) is 6.02. The second-order valence-corrected chi connectivity index (χ2v) is 4.44. The highest BCUT2D eigenvalue weighted by molar-refractivity contribution is 5.81. The Labute approximate surface area is 109 Å². The lowest BCUT2D eigenvalue weighted by Crippen LogP contribution is -2.43. The van der Waals surface area contributed by atoms with E-state index < -0.39 is 0 Å². The van der Waals surface area contributed by atoms with E-state index in [1.54, 1.807) is 0 Å². The molecule has 0 aromatic heterocycles. The van der Waals surface area contributed by atoms with Crippen LogP contribution in [0, 0.1) is 19.3 Å². The molecule has 1 aromatic carbocycles. The molecule has 1 unspecified atom stereocenters. The zero-order chi connectivity index (χ0) is 13.5. The van der Waals surface area contributed by atoms with E-state index in [4.69, 9.17) is 6.42 Å². The van der Waals surface area contributed by atoms with Crippen LogP contribution in [0.3, 0.4) is 0 Å². The summed E-state index contributed by atoms with van der Waals surface area (Å²) in [6.07, 6.45) is 5.12. The molecule has 1 aromatic rings. The maximum atomic E-state index is 11.8. The zero-order valence-electron chi connectivity index (χ0n) is 11.2. The molecule has 1 N–H and O–H groups in total. The Hall–Kier alpha value is -1.79. The highest BCUT2D eigenvalue weighted by Gasteiger charge is 2.17. The summed E-state index contributed by atoms with van der Waals surface area (Å²) >= 11 is 0. The predicted molar refractivity (Wildman–Crippen MR) is 74.0 cm³/mol. The predicted octanol–water partition coefficient (Wildman–Crippen LogP) is 1.56. The molecule has 18 heavy (non-hydrogen) atoms. The topological polar surface area (TPSA) is 32.3 Å². The Morgan fingerprint density at radius 1 is 1.50 bits per heavy atom. The van der Waals surface area contributed by atoms with Gasteiger partial charge in [-0.15, -0.1) is 6.42 Å². The van der Waals surface area contributed by atoms with E-state index in [9.17, 15) is 4.79 Å². The minimum Gasteiger partial charge on any atom is -0.344 e. The molecule has 0 aliphatic heterocycles. The van der Waals surface area contributed by atoms with E-state index in [0.717, 1.165) is 6.54 Å². The van der Waals surface area contributed by atoms with Crippen LogP contribution in [0.25, 0.3) is 0 Å². The SMILES string of the molecule is C#CCNC(=O)C(C)N(C)Cc1ccccc1C. The van der Waals surface area contributed by atoms with Crippen LogP contribution in [0.2, 0.25) is 0 Å². The van der Waals surface area contributed by atoms with Crippen LogP contribution in [0.5, 0.6) is 0 Å². The molecule has 0 saturated carbocycles. The Morgan fingerprint density at radius 2 is 2.17 bits per heavy atom. The van der Waals surface area contributed by atoms with Gasteiger partial charge in [0.2, 0.25) is 5.91 Å². The molecule has 0 saturated heterocycles. The van der Waals surface area contributed by atoms with Gasteiger partial charge in [-0.25, -0.2) is 0 Å². The van der Waals surface area contributed by atoms with E-state index >= 15 is 0 Å². The lowest BCUT2D eigenvalue weighted by atomic mass is 10.1. The van der Waals surface area contributed by atoms with Crippen LogP contribution < -0.4 is 5.32 Å². The minimum absolute atomic E-state index is 0.0379. The molecule has 0 spiro atoms. The van der Waals surface area contributed by atoms with Crippen molar-refractivity contribution in [2.24, 2.45) is 0 Å². The van der Waals surface area contributed by atoms with Gasteiger partial charge in [0.25, 0.3) is 0 Å². The molecule has 0 bridgehead atoms. The van der Waals surface area contributed by atoms with Gasteiger partial charge in [0.05, 0.1) is 12.6 Å². The number of likely N-dealkylation sites (N-methyl/N-ethyl adjacent to an activating group) is 1. The number of terminal acetylenes is 1. The molecule has 3 nitrogen and oxygen atoms in total. The van der Waals surface area contributed by atoms with E-state index in [-0.39, 0.29) is 18.5 Å². The van der Waals surface area contributed by atoms with Crippen molar-refractivity contribution in [3.63, 3.8) is 0 Å². The Kier molecular flexibility index (Phi) is 5.41. The normalized spacial score (nSPS) is 11.9. The fourth-order valence-corrected chi connectivity index (χ4v) is 1.68. The van der Waals surface area contributed by atoms with Crippen molar-refractivity contribution >= 4 is 5.91 Å². The third-order valence-corrected chi connectivity index (χ3v) is 3.09. The molecule has 1 amide bonds. The fourth-order valence-electron chi connectivity index (χ4n) is 1.68. The van der Waals surface area contributed by atoms with Crippen LogP contribution >= 0.6 is 0 Å². The summed E-state index contributed by atoms with van der Waals surface area (Å²) in [6, 6.07) is 7.99. The number of nitrogens with zero attached hydrogens (tertiary/aromatic N) is 1. The minimum atomic E-state index is -0.196. The van der Waals surface area contributed by atoms with Crippen molar-refractivity contribution in [2.45, 2.75) is 26.4 Å². The van der Waals surface area contributed by atoms with Crippen molar-refractivity contribution in [3.8, 4) is 12.3 Å². The Morgan fingerprint density at radius 3 is 2.78 bits per heavy atom. The highest BCUT2D eigenvalue weighted by atomic mass is 16.2. The van der Waals surface area contributed by atoms with E-state index in [2.05, 4.69) is 30.3 Å². The molecule has 0 radical (unpaired) electrons. The van der Waals surface area contributed by atoms with Gasteiger partial charge in [0.1, 0.15) is 0 Å². The summed E-state index contributed by atoms with van der Waals surface area (Å²) in [6.45, 7) is 4.98. The second-order valence-electron chi connectivity index (χ2n) is 4.44. The first kappa shape index (κ1) is 14.3. The first-order valence-corrected chi connectivity index (χ1v) is 6.02. The maximum absolute atomic E-state index is 11.8. The number of carbonyl (C=O) groups excluding carboxylic acids is 1. The second kappa shape index (κ2) is 6.83. The number of hydrogen-bond donors (Lipinski definition) is 1. The smallest absolute Gasteiger partial charge is 0.237 e. The van der Waals surface area contributed by atoms with E-state index in [1.165, 1.54) is 11.1 Å². The monoisotopic (exact) mass is 244 g/mol. The lowest BCUT2D eigenvalue weighted by Gasteiger charge is -2.24. The number of nitrogens with one attached hydrogen (secondary N) is 1. The summed E-state index contributed by atoms with van der Waals surface area (Å²) in [7, 11) is 1.94. The van der Waals surface area contributed by atoms with Crippen LogP contribution in [0.15, 0.2) is 24.3 Å². The van der Waals surface area contributed by atoms with Crippen LogP contribution in [0.4, 0.5) is 0 Å². The number of carbonyl (C=O) groups is 1. The molecule has 1 rings (SSSR count). The number of hydrogen-bond acceptors (Lipinski definition) is 2. The number of benzene rings is 1. The van der Waals surface area contributed by atoms with Gasteiger partial charge in [0, 0.05) is 6.54 Å². The average Bonchev–Trinajstić information content (AvgIpc) is 2.37. The van der Waals surface area contributed by atoms with Gasteiger partial charge in [-0.05, 0) is 32.0 Å². The molecule has 1 atom stereocenters. The quantitative estimate of drug-likeness (QED) is 0.797. The third kappa shape index (κ3) is 3.90. The molecule has 0 aliphatic rings. The van der Waals surface area contributed by atoms with E-state index in [0.29, 0.717) is 0 Å². The maximum Gasteiger partial charge on any atom is 0.237 e. The van der Waals surface area contributed by atoms with Crippen molar-refractivity contribution in [1.29, 1.82) is 0 Å². The van der Waals surface area contributed by atoms with Crippen LogP contribution in [-0.4, -0.2) is 30.4 Å². The van der Waals surface area contributed by atoms with Crippen LogP contribution in [-0.2, 0) is 11.3 Å². The van der Waals surface area contributed by atoms with Crippen molar-refractivity contribution in [2.75, 3.05) is 13.6 Å². The summed E-state index contributed by atoms with van der Waals surface area (Å²) in [5.41, 5.74) is 2.47. The zero-order valence-corrected chi connectivity index (χ0v) is 11.2. The highest BCUT2D eigenvalue weighted by Crippen LogP contribution is 2.11. The molecule has 0 fully saturated rings. The summed E-state index contributed by atoms with van der Waals surface area (Å²) in [5, 5.41) is 2.70. The largest absolute Gasteiger partial charge is 0.344 e. The van der Waals surface area contributed by atoms with Gasteiger partial charge >= 0.3 is 0 Å². The van der Waals surface area contributed by atoms with Crippen LogP contribution in [0.1, 0.15) is 18.1 Å². The van der Waals surface area contributed by atoms with Crippen molar-refractivity contribution in [1.82, 2.24) is 10.2 Å². The number of amides is 1. The summed E-state index contributed by atoms with van der Waals surface area (Å²) in [4.78, 5) is 13.8. The summed E-state index contributed by atoms with van der Waals surface area (Å²) in [5.74, 6) is 2.36. The summed E-state index contributed by atoms with van der Waals surface area (Å²) < 4.78 is 0. The van der Waals surface area contributed by atoms with Gasteiger partial charge in [0.15, 0.2) is 0 Å². The van der Waals surface area contributed by atoms with Gasteiger partial charge in [-0.3, -0.25) is 9.69 Å². The van der Waals surface area contributed by atoms with Gasteiger partial charge < -0.3 is 5.32 Å². The van der Waals surface area contributed by atoms with E-state index in [1.807, 2.05) is 31.0 Å². The molecule has 96 valence electrons. The molecule has 3 heteroatoms. The number of aryl methyl sites for hydroxylation is 1.